The van der Waals surface area contributed by atoms with Crippen LogP contribution in [0.3, 0.4) is 0 Å². The second-order valence-electron chi connectivity index (χ2n) is 5.69. The first-order valence-electron chi connectivity index (χ1n) is 7.96. The Bertz CT molecular complexity index is 732. The highest BCUT2D eigenvalue weighted by Crippen LogP contribution is 2.08. The monoisotopic (exact) mass is 346 g/mol. The molecular formula is C19H20F2N2O2. The maximum absolute atomic E-state index is 13.5. The van der Waals surface area contributed by atoms with Crippen LogP contribution in [0.5, 0.6) is 0 Å². The molecule has 0 aliphatic carbocycles. The normalized spacial score (nSPS) is 10.4. The summed E-state index contributed by atoms with van der Waals surface area (Å²) in [4.78, 5) is 25.1. The van der Waals surface area contributed by atoms with E-state index in [-0.39, 0.29) is 43.1 Å². The van der Waals surface area contributed by atoms with Gasteiger partial charge in [-0.1, -0.05) is 30.3 Å². The minimum atomic E-state index is -0.357. The molecule has 2 amide bonds. The van der Waals surface area contributed by atoms with Gasteiger partial charge < -0.3 is 10.2 Å². The van der Waals surface area contributed by atoms with Crippen molar-refractivity contribution in [2.45, 2.75) is 19.9 Å². The van der Waals surface area contributed by atoms with E-state index >= 15 is 0 Å². The van der Waals surface area contributed by atoms with Crippen molar-refractivity contribution in [2.24, 2.45) is 0 Å². The number of carbonyl (C=O) groups excluding carboxylic acids is 2. The summed E-state index contributed by atoms with van der Waals surface area (Å²) in [7, 11) is 0. The topological polar surface area (TPSA) is 49.4 Å². The van der Waals surface area contributed by atoms with Gasteiger partial charge in [-0.25, -0.2) is 8.78 Å². The molecule has 0 atom stereocenters. The third-order valence-electron chi connectivity index (χ3n) is 3.74. The van der Waals surface area contributed by atoms with Gasteiger partial charge in [-0.05, 0) is 35.7 Å². The van der Waals surface area contributed by atoms with Crippen molar-refractivity contribution in [3.05, 3.63) is 71.3 Å². The van der Waals surface area contributed by atoms with Crippen molar-refractivity contribution < 1.29 is 18.4 Å². The summed E-state index contributed by atoms with van der Waals surface area (Å²) >= 11 is 0. The van der Waals surface area contributed by atoms with E-state index in [1.807, 2.05) is 0 Å². The van der Waals surface area contributed by atoms with Crippen molar-refractivity contribution in [1.29, 1.82) is 0 Å². The maximum atomic E-state index is 13.5. The van der Waals surface area contributed by atoms with Crippen molar-refractivity contribution >= 4 is 11.8 Å². The van der Waals surface area contributed by atoms with E-state index in [9.17, 15) is 18.4 Å². The summed E-state index contributed by atoms with van der Waals surface area (Å²) in [6, 6.07) is 12.1. The van der Waals surface area contributed by atoms with Gasteiger partial charge in [0, 0.05) is 20.0 Å². The number of hydrogen-bond donors (Lipinski definition) is 1. The molecule has 0 saturated carbocycles. The molecule has 132 valence electrons. The minimum Gasteiger partial charge on any atom is -0.354 e. The number of halogens is 2. The number of carbonyl (C=O) groups is 2. The Hall–Kier alpha value is -2.76. The summed E-state index contributed by atoms with van der Waals surface area (Å²) in [5.74, 6) is -1.25. The lowest BCUT2D eigenvalue weighted by molar-refractivity contribution is -0.134. The fourth-order valence-electron chi connectivity index (χ4n) is 2.36. The van der Waals surface area contributed by atoms with E-state index in [1.54, 1.807) is 30.3 Å². The molecule has 4 nitrogen and oxygen atoms in total. The fraction of sp³-hybridized carbons (Fsp3) is 0.263. The highest BCUT2D eigenvalue weighted by atomic mass is 19.1. The Kier molecular flexibility index (Phi) is 6.62. The molecule has 0 fully saturated rings. The molecular weight excluding hydrogens is 326 g/mol. The third kappa shape index (κ3) is 5.99. The number of nitrogens with one attached hydrogen (secondary N) is 1. The molecule has 2 aromatic rings. The van der Waals surface area contributed by atoms with Gasteiger partial charge in [-0.15, -0.1) is 0 Å². The molecule has 25 heavy (non-hydrogen) atoms. The summed E-state index contributed by atoms with van der Waals surface area (Å²) in [5, 5.41) is 2.68. The zero-order valence-corrected chi connectivity index (χ0v) is 14.0. The van der Waals surface area contributed by atoms with Gasteiger partial charge >= 0.3 is 0 Å². The van der Waals surface area contributed by atoms with E-state index in [2.05, 4.69) is 5.32 Å². The quantitative estimate of drug-likeness (QED) is 0.838. The van der Waals surface area contributed by atoms with Crippen LogP contribution >= 0.6 is 0 Å². The number of benzene rings is 2. The molecule has 0 saturated heterocycles. The molecule has 0 spiro atoms. The molecule has 0 heterocycles. The number of hydrogen-bond acceptors (Lipinski definition) is 2. The smallest absolute Gasteiger partial charge is 0.239 e. The van der Waals surface area contributed by atoms with E-state index in [0.29, 0.717) is 12.0 Å². The maximum Gasteiger partial charge on any atom is 0.239 e. The lowest BCUT2D eigenvalue weighted by Crippen LogP contribution is -2.40. The van der Waals surface area contributed by atoms with E-state index in [1.165, 1.54) is 30.0 Å². The van der Waals surface area contributed by atoms with Crippen LogP contribution in [0, 0.1) is 11.6 Å². The van der Waals surface area contributed by atoms with Crippen molar-refractivity contribution in [1.82, 2.24) is 10.2 Å². The third-order valence-corrected chi connectivity index (χ3v) is 3.74. The van der Waals surface area contributed by atoms with Crippen LogP contribution in [0.1, 0.15) is 18.1 Å². The van der Waals surface area contributed by atoms with Crippen LogP contribution in [0.15, 0.2) is 48.5 Å². The summed E-state index contributed by atoms with van der Waals surface area (Å²) < 4.78 is 26.4. The Morgan fingerprint density at radius 3 is 2.36 bits per heavy atom. The average Bonchev–Trinajstić information content (AvgIpc) is 2.58. The Balaban J connectivity index is 1.84. The molecule has 0 radical (unpaired) electrons. The molecule has 0 aliphatic rings. The number of amides is 2. The van der Waals surface area contributed by atoms with Gasteiger partial charge in [-0.3, -0.25) is 9.59 Å². The number of rotatable bonds is 7. The standard InChI is InChI=1S/C19H20F2N2O2/c1-14(24)23(12-15-6-8-17(20)9-7-15)13-19(25)22-11-10-16-4-2-3-5-18(16)21/h2-9H,10-13H2,1H3,(H,22,25). The zero-order chi connectivity index (χ0) is 18.2. The van der Waals surface area contributed by atoms with Gasteiger partial charge in [0.05, 0.1) is 6.54 Å². The first-order chi connectivity index (χ1) is 12.0. The van der Waals surface area contributed by atoms with Crippen LogP contribution in [0.2, 0.25) is 0 Å². The molecule has 2 aromatic carbocycles. The predicted molar refractivity (Wildman–Crippen MR) is 90.6 cm³/mol. The summed E-state index contributed by atoms with van der Waals surface area (Å²) in [5.41, 5.74) is 1.26. The van der Waals surface area contributed by atoms with Crippen molar-refractivity contribution in [3.63, 3.8) is 0 Å². The van der Waals surface area contributed by atoms with Gasteiger partial charge in [0.1, 0.15) is 11.6 Å². The van der Waals surface area contributed by atoms with Crippen LogP contribution in [0.4, 0.5) is 8.78 Å². The predicted octanol–water partition coefficient (Wildman–Crippen LogP) is 2.67. The first-order valence-corrected chi connectivity index (χ1v) is 7.96. The second-order valence-corrected chi connectivity index (χ2v) is 5.69. The minimum absolute atomic E-state index is 0.107. The number of nitrogens with zero attached hydrogens (tertiary/aromatic N) is 1. The average molecular weight is 346 g/mol. The molecule has 6 heteroatoms. The van der Waals surface area contributed by atoms with Gasteiger partial charge in [0.15, 0.2) is 0 Å². The van der Waals surface area contributed by atoms with Crippen LogP contribution in [-0.4, -0.2) is 29.8 Å². The summed E-state index contributed by atoms with van der Waals surface area (Å²) in [6.45, 7) is 1.76. The lowest BCUT2D eigenvalue weighted by atomic mass is 10.1. The Labute approximate surface area is 145 Å². The molecule has 2 rings (SSSR count). The van der Waals surface area contributed by atoms with E-state index in [0.717, 1.165) is 5.56 Å². The molecule has 0 aliphatic heterocycles. The van der Waals surface area contributed by atoms with Gasteiger partial charge in [0.2, 0.25) is 11.8 Å². The highest BCUT2D eigenvalue weighted by molar-refractivity contribution is 5.83. The lowest BCUT2D eigenvalue weighted by Gasteiger charge is -2.20. The van der Waals surface area contributed by atoms with Gasteiger partial charge in [0.25, 0.3) is 0 Å². The fourth-order valence-corrected chi connectivity index (χ4v) is 2.36. The highest BCUT2D eigenvalue weighted by Gasteiger charge is 2.14. The van der Waals surface area contributed by atoms with Crippen LogP contribution in [-0.2, 0) is 22.6 Å². The Morgan fingerprint density at radius 2 is 1.72 bits per heavy atom. The SMILES string of the molecule is CC(=O)N(CC(=O)NCCc1ccccc1F)Cc1ccc(F)cc1. The van der Waals surface area contributed by atoms with E-state index < -0.39 is 0 Å². The molecule has 0 unspecified atom stereocenters. The van der Waals surface area contributed by atoms with E-state index in [4.69, 9.17) is 0 Å². The molecule has 0 aromatic heterocycles. The molecule has 1 N–H and O–H groups in total. The van der Waals surface area contributed by atoms with Crippen molar-refractivity contribution in [3.8, 4) is 0 Å². The summed E-state index contributed by atoms with van der Waals surface area (Å²) in [6.07, 6.45) is 0.371. The zero-order valence-electron chi connectivity index (χ0n) is 14.0. The first kappa shape index (κ1) is 18.6. The largest absolute Gasteiger partial charge is 0.354 e. The van der Waals surface area contributed by atoms with Crippen LogP contribution < -0.4 is 5.32 Å². The van der Waals surface area contributed by atoms with Crippen molar-refractivity contribution in [2.75, 3.05) is 13.1 Å². The van der Waals surface area contributed by atoms with Gasteiger partial charge in [-0.2, -0.15) is 0 Å². The Morgan fingerprint density at radius 1 is 1.04 bits per heavy atom. The molecule has 0 bridgehead atoms. The van der Waals surface area contributed by atoms with Crippen LogP contribution in [0.25, 0.3) is 0 Å². The second kappa shape index (κ2) is 8.92.